The molecule has 0 nitrogen and oxygen atoms in total. The molecule has 0 saturated heterocycles. The van der Waals surface area contributed by atoms with Gasteiger partial charge < -0.3 is 24.8 Å². The molecule has 1 heterocycles. The summed E-state index contributed by atoms with van der Waals surface area (Å²) in [5, 5.41) is 4.30. The Morgan fingerprint density at radius 1 is 0.837 bits per heavy atom. The summed E-state index contributed by atoms with van der Waals surface area (Å²) < 4.78 is 2.25. The minimum absolute atomic E-state index is 0. The van der Waals surface area contributed by atoms with Crippen molar-refractivity contribution >= 4 is 15.0 Å². The summed E-state index contributed by atoms with van der Waals surface area (Å²) >= 11 is 3.25. The van der Waals surface area contributed by atoms with Crippen LogP contribution in [0.1, 0.15) is 74.9 Å². The van der Waals surface area contributed by atoms with Gasteiger partial charge >= 0.3 is 70.3 Å². The number of rotatable bonds is 3. The van der Waals surface area contributed by atoms with E-state index in [0.29, 0.717) is 0 Å². The van der Waals surface area contributed by atoms with Crippen LogP contribution in [0.25, 0.3) is 22.3 Å². The molecule has 4 heteroatoms. The molecule has 1 aliphatic carbocycles. The normalized spacial score (nSPS) is 11.4. The Morgan fingerprint density at radius 2 is 1.51 bits per heavy atom. The molecule has 224 valence electrons. The van der Waals surface area contributed by atoms with Crippen molar-refractivity contribution in [3.63, 3.8) is 0 Å². The van der Waals surface area contributed by atoms with Gasteiger partial charge in [-0.25, -0.2) is 11.3 Å². The van der Waals surface area contributed by atoms with Gasteiger partial charge in [-0.2, -0.15) is 35.4 Å². The molecule has 0 radical (unpaired) electrons. The molecule has 43 heavy (non-hydrogen) atoms. The molecule has 0 N–H and O–H groups in total. The van der Waals surface area contributed by atoms with Crippen LogP contribution < -0.4 is 24.8 Å². The number of thiophene rings is 1. The Morgan fingerprint density at radius 3 is 2.07 bits per heavy atom. The molecule has 0 unspecified atom stereocenters. The van der Waals surface area contributed by atoms with Crippen LogP contribution in [0.15, 0.2) is 95.7 Å². The molecule has 0 bridgehead atoms. The van der Waals surface area contributed by atoms with Crippen molar-refractivity contribution in [3.8, 4) is 22.3 Å². The fraction of sp³-hybridized carbons (Fsp3) is 0.282. The van der Waals surface area contributed by atoms with Crippen molar-refractivity contribution in [2.75, 3.05) is 0 Å². The van der Waals surface area contributed by atoms with Crippen molar-refractivity contribution in [1.29, 1.82) is 0 Å². The molecule has 6 rings (SSSR count). The van der Waals surface area contributed by atoms with E-state index in [9.17, 15) is 0 Å². The molecule has 1 aliphatic rings. The first-order valence-electron chi connectivity index (χ1n) is 14.4. The van der Waals surface area contributed by atoms with Gasteiger partial charge in [0.15, 0.2) is 0 Å². The zero-order chi connectivity index (χ0) is 29.6. The summed E-state index contributed by atoms with van der Waals surface area (Å²) in [5.74, 6) is 0. The SMILES string of the molecule is CC(C)(C)c1c[c-]c2c(c1)-c1cc(C(C)(C)C)ccc1C2.Cc1ccc[c-]1-c1ccsc1.[Cl-].[Cl-].[Zr+2]=[CH]Cc1ccccc1. The van der Waals surface area contributed by atoms with E-state index in [4.69, 9.17) is 0 Å². The Balaban J connectivity index is 0.000000247. The van der Waals surface area contributed by atoms with Gasteiger partial charge in [-0.05, 0) is 17.4 Å². The number of hydrogen-bond acceptors (Lipinski definition) is 1. The predicted molar refractivity (Wildman–Crippen MR) is 177 cm³/mol. The van der Waals surface area contributed by atoms with Crippen LogP contribution >= 0.6 is 11.3 Å². The topological polar surface area (TPSA) is 0 Å². The third-order valence-corrected chi connectivity index (χ3v) is 8.76. The summed E-state index contributed by atoms with van der Waals surface area (Å²) in [6.07, 6.45) is 2.15. The first kappa shape index (κ1) is 37.2. The van der Waals surface area contributed by atoms with Gasteiger partial charge in [-0.15, -0.1) is 34.9 Å². The maximum absolute atomic E-state index is 3.53. The van der Waals surface area contributed by atoms with E-state index in [1.165, 1.54) is 79.9 Å². The van der Waals surface area contributed by atoms with E-state index >= 15 is 0 Å². The summed E-state index contributed by atoms with van der Waals surface area (Å²) in [6.45, 7) is 15.8. The van der Waals surface area contributed by atoms with Gasteiger partial charge in [-0.1, -0.05) is 99.5 Å². The maximum atomic E-state index is 3.53. The molecule has 0 atom stereocenters. The van der Waals surface area contributed by atoms with Gasteiger partial charge in [0, 0.05) is 0 Å². The van der Waals surface area contributed by atoms with E-state index in [-0.39, 0.29) is 35.6 Å². The molecule has 4 aromatic carbocycles. The molecule has 0 spiro atoms. The summed E-state index contributed by atoms with van der Waals surface area (Å²) in [6, 6.07) is 34.1. The zero-order valence-electron chi connectivity index (χ0n) is 26.4. The van der Waals surface area contributed by atoms with Crippen molar-refractivity contribution in [2.45, 2.75) is 72.1 Å². The van der Waals surface area contributed by atoms with Gasteiger partial charge in [0.25, 0.3) is 0 Å². The molecule has 0 saturated carbocycles. The third kappa shape index (κ3) is 10.0. The van der Waals surface area contributed by atoms with Crippen LogP contribution in [0, 0.1) is 13.0 Å². The minimum atomic E-state index is 0. The number of benzene rings is 3. The molecule has 0 amide bonds. The first-order valence-corrected chi connectivity index (χ1v) is 16.8. The molecule has 0 fully saturated rings. The van der Waals surface area contributed by atoms with Crippen LogP contribution in [0.4, 0.5) is 0 Å². The Hall–Kier alpha value is -1.96. The Labute approximate surface area is 291 Å². The quantitative estimate of drug-likeness (QED) is 0.235. The van der Waals surface area contributed by atoms with E-state index in [1.807, 2.05) is 6.07 Å². The summed E-state index contributed by atoms with van der Waals surface area (Å²) in [5.41, 5.74) is 14.2. The Bertz CT molecular complexity index is 1500. The fourth-order valence-corrected chi connectivity index (χ4v) is 6.20. The monoisotopic (exact) mass is 702 g/mol. The van der Waals surface area contributed by atoms with Gasteiger partial charge in [0.2, 0.25) is 0 Å². The van der Waals surface area contributed by atoms with Crippen molar-refractivity contribution < 1.29 is 49.0 Å². The first-order chi connectivity index (χ1) is 19.5. The summed E-state index contributed by atoms with van der Waals surface area (Å²) in [7, 11) is 0. The van der Waals surface area contributed by atoms with E-state index in [2.05, 4.69) is 148 Å². The fourth-order valence-electron chi connectivity index (χ4n) is 4.97. The van der Waals surface area contributed by atoms with Crippen molar-refractivity contribution in [1.82, 2.24) is 0 Å². The molecular weight excluding hydrogens is 663 g/mol. The standard InChI is InChI=1S/C21H25.C10H9S.C8H8.2ClH.Zr/c1-20(2,3)16-9-7-14-11-15-8-10-17(21(4,5)6)13-19(15)18(14)12-16;1-8-3-2-4-10(8)9-5-6-11-7-9;1-2-8-6-4-3-5-7-8;;;/h7,9-10,12-13H,11H2,1-6H3;2-7H,1H3;1,3-7H,2H2;2*1H;/q2*-1;;;;+2/p-2. The molecular formula is C39H42Cl2SZr-2. The molecule has 5 aromatic rings. The van der Waals surface area contributed by atoms with Crippen molar-refractivity contribution in [3.05, 3.63) is 135 Å². The number of hydrogen-bond donors (Lipinski definition) is 0. The molecule has 0 aliphatic heterocycles. The van der Waals surface area contributed by atoms with Crippen LogP contribution in [0.3, 0.4) is 0 Å². The number of fused-ring (bicyclic) bond motifs is 3. The van der Waals surface area contributed by atoms with Crippen LogP contribution in [0.5, 0.6) is 0 Å². The average molecular weight is 705 g/mol. The van der Waals surface area contributed by atoms with Gasteiger partial charge in [-0.3, -0.25) is 0 Å². The number of aryl methyl sites for hydroxylation is 1. The second-order valence-electron chi connectivity index (χ2n) is 12.9. The predicted octanol–water partition coefficient (Wildman–Crippen LogP) is 4.68. The zero-order valence-corrected chi connectivity index (χ0v) is 31.2. The Kier molecular flexibility index (Phi) is 14.2. The van der Waals surface area contributed by atoms with Crippen LogP contribution in [0.2, 0.25) is 0 Å². The van der Waals surface area contributed by atoms with Crippen LogP contribution in [-0.2, 0) is 47.9 Å². The molecule has 1 aromatic heterocycles. The number of halogens is 2. The second kappa shape index (κ2) is 16.4. The third-order valence-electron chi connectivity index (χ3n) is 7.57. The van der Waals surface area contributed by atoms with E-state index < -0.39 is 0 Å². The van der Waals surface area contributed by atoms with Gasteiger partial charge in [0.1, 0.15) is 0 Å². The van der Waals surface area contributed by atoms with E-state index in [0.717, 1.165) is 12.8 Å². The second-order valence-corrected chi connectivity index (χ2v) is 14.6. The van der Waals surface area contributed by atoms with E-state index in [1.54, 1.807) is 11.3 Å². The summed E-state index contributed by atoms with van der Waals surface area (Å²) in [4.78, 5) is 0. The van der Waals surface area contributed by atoms with Crippen molar-refractivity contribution in [2.24, 2.45) is 0 Å². The van der Waals surface area contributed by atoms with Gasteiger partial charge in [0.05, 0.1) is 0 Å². The average Bonchev–Trinajstić information content (AvgIpc) is 3.68. The van der Waals surface area contributed by atoms with Crippen LogP contribution in [-0.4, -0.2) is 3.71 Å².